The molecule has 0 aliphatic heterocycles. The first-order valence-corrected chi connectivity index (χ1v) is 8.01. The van der Waals surface area contributed by atoms with Crippen LogP contribution in [-0.4, -0.2) is 27.0 Å². The Morgan fingerprint density at radius 1 is 1.11 bits per heavy atom. The normalized spacial score (nSPS) is 10.1. The van der Waals surface area contributed by atoms with Gasteiger partial charge in [0, 0.05) is 12.3 Å². The summed E-state index contributed by atoms with van der Waals surface area (Å²) in [6, 6.07) is 7.98. The number of aromatic nitrogens is 3. The molecule has 3 aromatic rings. The predicted molar refractivity (Wildman–Crippen MR) is 101 cm³/mol. The molecular weight excluding hydrogens is 415 g/mol. The minimum absolute atomic E-state index is 0. The maximum Gasteiger partial charge on any atom is 0.269 e. The van der Waals surface area contributed by atoms with Gasteiger partial charge in [0.25, 0.3) is 11.8 Å². The van der Waals surface area contributed by atoms with Crippen molar-refractivity contribution in [2.75, 3.05) is 5.32 Å². The number of halogens is 4. The molecule has 0 saturated heterocycles. The Labute approximate surface area is 168 Å². The van der Waals surface area contributed by atoms with E-state index in [0.29, 0.717) is 17.8 Å². The summed E-state index contributed by atoms with van der Waals surface area (Å²) in [6.45, 7) is 0.213. The summed E-state index contributed by atoms with van der Waals surface area (Å²) in [7, 11) is 0. The van der Waals surface area contributed by atoms with Crippen LogP contribution in [0.4, 0.5) is 14.6 Å². The number of amides is 2. The number of rotatable bonds is 5. The standard InChI is InChI=1S/C17H12ClF2N5O2.ClH/c18-11-6-13(20)12(19)5-10(11)16(26)23-15-7-14(24-25-15)17(27)22-8-9-3-1-2-4-21-9;/h1-7H,8H2,(H,22,27)(H2,23,24,25,26);1H. The van der Waals surface area contributed by atoms with Crippen molar-refractivity contribution in [1.29, 1.82) is 0 Å². The van der Waals surface area contributed by atoms with E-state index in [-0.39, 0.29) is 41.0 Å². The number of carbonyl (C=O) groups is 2. The van der Waals surface area contributed by atoms with Crippen molar-refractivity contribution in [1.82, 2.24) is 20.5 Å². The van der Waals surface area contributed by atoms with Crippen LogP contribution in [0.25, 0.3) is 0 Å². The molecule has 2 aromatic heterocycles. The highest BCUT2D eigenvalue weighted by atomic mass is 35.5. The van der Waals surface area contributed by atoms with Crippen LogP contribution in [0.3, 0.4) is 0 Å². The van der Waals surface area contributed by atoms with Gasteiger partial charge in [-0.2, -0.15) is 5.10 Å². The SMILES string of the molecule is Cl.O=C(NCc1ccccn1)c1cc(NC(=O)c2cc(F)c(F)cc2Cl)n[nH]1. The topological polar surface area (TPSA) is 99.8 Å². The summed E-state index contributed by atoms with van der Waals surface area (Å²) < 4.78 is 26.4. The lowest BCUT2D eigenvalue weighted by molar-refractivity contribution is 0.0944. The number of hydrogen-bond acceptors (Lipinski definition) is 4. The second kappa shape index (κ2) is 9.25. The van der Waals surface area contributed by atoms with E-state index >= 15 is 0 Å². The monoisotopic (exact) mass is 427 g/mol. The van der Waals surface area contributed by atoms with Crippen LogP contribution in [0.2, 0.25) is 5.02 Å². The average molecular weight is 428 g/mol. The molecule has 0 bridgehead atoms. The molecule has 7 nitrogen and oxygen atoms in total. The summed E-state index contributed by atoms with van der Waals surface area (Å²) in [5, 5.41) is 11.0. The smallest absolute Gasteiger partial charge is 0.269 e. The van der Waals surface area contributed by atoms with Crippen molar-refractivity contribution in [3.63, 3.8) is 0 Å². The minimum atomic E-state index is -1.21. The number of nitrogens with one attached hydrogen (secondary N) is 3. The third kappa shape index (κ3) is 5.02. The molecule has 0 unspecified atom stereocenters. The number of aromatic amines is 1. The number of carbonyl (C=O) groups excluding carboxylic acids is 2. The highest BCUT2D eigenvalue weighted by Crippen LogP contribution is 2.21. The summed E-state index contributed by atoms with van der Waals surface area (Å²) >= 11 is 5.75. The third-order valence-electron chi connectivity index (χ3n) is 3.47. The van der Waals surface area contributed by atoms with Crippen LogP contribution in [0.1, 0.15) is 26.5 Å². The lowest BCUT2D eigenvalue weighted by atomic mass is 10.2. The van der Waals surface area contributed by atoms with Gasteiger partial charge in [-0.1, -0.05) is 17.7 Å². The van der Waals surface area contributed by atoms with Crippen molar-refractivity contribution < 1.29 is 18.4 Å². The van der Waals surface area contributed by atoms with Gasteiger partial charge in [-0.3, -0.25) is 19.7 Å². The quantitative estimate of drug-likeness (QED) is 0.543. The van der Waals surface area contributed by atoms with E-state index in [4.69, 9.17) is 11.6 Å². The van der Waals surface area contributed by atoms with E-state index in [9.17, 15) is 18.4 Å². The first kappa shape index (κ1) is 21.3. The van der Waals surface area contributed by atoms with Crippen LogP contribution in [-0.2, 0) is 6.54 Å². The zero-order valence-electron chi connectivity index (χ0n) is 14.0. The largest absolute Gasteiger partial charge is 0.345 e. The number of hydrogen-bond donors (Lipinski definition) is 3. The molecule has 0 atom stereocenters. The van der Waals surface area contributed by atoms with Gasteiger partial charge in [0.15, 0.2) is 17.5 Å². The molecule has 0 fully saturated rings. The molecule has 3 N–H and O–H groups in total. The lowest BCUT2D eigenvalue weighted by Crippen LogP contribution is -2.23. The highest BCUT2D eigenvalue weighted by Gasteiger charge is 2.17. The second-order valence-corrected chi connectivity index (χ2v) is 5.78. The number of anilines is 1. The zero-order valence-corrected chi connectivity index (χ0v) is 15.6. The Balaban J connectivity index is 0.00000280. The van der Waals surface area contributed by atoms with Gasteiger partial charge in [-0.15, -0.1) is 12.4 Å². The molecule has 3 rings (SSSR count). The van der Waals surface area contributed by atoms with Gasteiger partial charge in [0.05, 0.1) is 22.8 Å². The van der Waals surface area contributed by atoms with Gasteiger partial charge in [-0.25, -0.2) is 8.78 Å². The summed E-state index contributed by atoms with van der Waals surface area (Å²) in [5.74, 6) is -3.61. The van der Waals surface area contributed by atoms with Crippen LogP contribution in [0.5, 0.6) is 0 Å². The molecule has 0 saturated carbocycles. The summed E-state index contributed by atoms with van der Waals surface area (Å²) in [6.07, 6.45) is 1.61. The number of pyridine rings is 1. The number of benzene rings is 1. The van der Waals surface area contributed by atoms with E-state index < -0.39 is 23.4 Å². The van der Waals surface area contributed by atoms with Crippen molar-refractivity contribution in [2.24, 2.45) is 0 Å². The van der Waals surface area contributed by atoms with Crippen LogP contribution < -0.4 is 10.6 Å². The van der Waals surface area contributed by atoms with Gasteiger partial charge in [-0.05, 0) is 24.3 Å². The van der Waals surface area contributed by atoms with Crippen LogP contribution in [0, 0.1) is 11.6 Å². The molecular formula is C17H13Cl2F2N5O2. The van der Waals surface area contributed by atoms with Gasteiger partial charge in [0.2, 0.25) is 0 Å². The molecule has 28 heavy (non-hydrogen) atoms. The molecule has 11 heteroatoms. The highest BCUT2D eigenvalue weighted by molar-refractivity contribution is 6.34. The summed E-state index contributed by atoms with van der Waals surface area (Å²) in [5.41, 5.74) is 0.504. The molecule has 0 aliphatic carbocycles. The first-order chi connectivity index (χ1) is 12.9. The molecule has 0 aliphatic rings. The maximum absolute atomic E-state index is 13.3. The first-order valence-electron chi connectivity index (χ1n) is 7.63. The van der Waals surface area contributed by atoms with E-state index in [0.717, 1.165) is 0 Å². The van der Waals surface area contributed by atoms with E-state index in [1.807, 2.05) is 0 Å². The molecule has 2 amide bonds. The van der Waals surface area contributed by atoms with Gasteiger partial charge >= 0.3 is 0 Å². The Morgan fingerprint density at radius 3 is 2.57 bits per heavy atom. The Morgan fingerprint density at radius 2 is 1.86 bits per heavy atom. The predicted octanol–water partition coefficient (Wildman–Crippen LogP) is 3.34. The molecule has 1 aromatic carbocycles. The third-order valence-corrected chi connectivity index (χ3v) is 3.79. The van der Waals surface area contributed by atoms with Crippen LogP contribution >= 0.6 is 24.0 Å². The minimum Gasteiger partial charge on any atom is -0.345 e. The van der Waals surface area contributed by atoms with Crippen molar-refractivity contribution in [3.8, 4) is 0 Å². The maximum atomic E-state index is 13.3. The number of nitrogens with zero attached hydrogens (tertiary/aromatic N) is 2. The summed E-state index contributed by atoms with van der Waals surface area (Å²) in [4.78, 5) is 28.3. The second-order valence-electron chi connectivity index (χ2n) is 5.37. The molecule has 0 spiro atoms. The van der Waals surface area contributed by atoms with E-state index in [1.54, 1.807) is 24.4 Å². The Hall–Kier alpha value is -3.04. The molecule has 2 heterocycles. The van der Waals surface area contributed by atoms with Gasteiger partial charge in [0.1, 0.15) is 5.69 Å². The lowest BCUT2D eigenvalue weighted by Gasteiger charge is -2.05. The van der Waals surface area contributed by atoms with Crippen LogP contribution in [0.15, 0.2) is 42.6 Å². The average Bonchev–Trinajstić information content (AvgIpc) is 3.12. The van der Waals surface area contributed by atoms with E-state index in [1.165, 1.54) is 6.07 Å². The molecule has 0 radical (unpaired) electrons. The van der Waals surface area contributed by atoms with Gasteiger partial charge < -0.3 is 10.6 Å². The number of H-pyrrole nitrogens is 1. The fourth-order valence-electron chi connectivity index (χ4n) is 2.15. The fourth-order valence-corrected chi connectivity index (χ4v) is 2.39. The zero-order chi connectivity index (χ0) is 19.4. The fraction of sp³-hybridized carbons (Fsp3) is 0.0588. The van der Waals surface area contributed by atoms with Crippen molar-refractivity contribution in [2.45, 2.75) is 6.54 Å². The van der Waals surface area contributed by atoms with E-state index in [2.05, 4.69) is 25.8 Å². The van der Waals surface area contributed by atoms with Crippen molar-refractivity contribution >= 4 is 41.6 Å². The Bertz CT molecular complexity index is 998. The molecule has 146 valence electrons. The Kier molecular flexibility index (Phi) is 7.02. The van der Waals surface area contributed by atoms with Crippen molar-refractivity contribution in [3.05, 3.63) is 76.2 Å².